The van der Waals surface area contributed by atoms with E-state index in [1.54, 1.807) is 55.6 Å². The van der Waals surface area contributed by atoms with Gasteiger partial charge in [-0.2, -0.15) is 0 Å². The van der Waals surface area contributed by atoms with Crippen molar-refractivity contribution in [2.45, 2.75) is 19.4 Å². The lowest BCUT2D eigenvalue weighted by Crippen LogP contribution is -2.35. The third-order valence-electron chi connectivity index (χ3n) is 6.72. The summed E-state index contributed by atoms with van der Waals surface area (Å²) < 4.78 is 32.6. The van der Waals surface area contributed by atoms with Gasteiger partial charge < -0.3 is 20.1 Å². The van der Waals surface area contributed by atoms with E-state index in [2.05, 4.69) is 5.32 Å². The second-order valence-corrected chi connectivity index (χ2v) is 9.55. The molecule has 0 atom stereocenters. The Bertz CT molecular complexity index is 1570. The van der Waals surface area contributed by atoms with Crippen LogP contribution in [0.5, 0.6) is 5.75 Å². The normalized spacial score (nSPS) is 10.6. The fourth-order valence-corrected chi connectivity index (χ4v) is 4.69. The van der Waals surface area contributed by atoms with Crippen molar-refractivity contribution in [3.8, 4) is 16.9 Å². The van der Waals surface area contributed by atoms with Crippen LogP contribution in [0.4, 0.5) is 8.78 Å². The van der Waals surface area contributed by atoms with Crippen molar-refractivity contribution in [1.82, 2.24) is 10.2 Å². The largest absolute Gasteiger partial charge is 0.496 e. The summed E-state index contributed by atoms with van der Waals surface area (Å²) >= 11 is 0. The SMILES string of the molecule is COc1ccccc1CCN(CCC(=O)O)C(=O)c1ccccc1-c1ccccc1C(=O)NCc1cc(F)cc(F)c1. The zero-order valence-corrected chi connectivity index (χ0v) is 23.0. The Hall–Kier alpha value is -5.05. The highest BCUT2D eigenvalue weighted by Crippen LogP contribution is 2.29. The molecule has 4 rings (SSSR count). The van der Waals surface area contributed by atoms with Gasteiger partial charge >= 0.3 is 5.97 Å². The van der Waals surface area contributed by atoms with Gasteiger partial charge in [-0.05, 0) is 59.0 Å². The first kappa shape index (κ1) is 29.9. The van der Waals surface area contributed by atoms with Gasteiger partial charge in [-0.15, -0.1) is 0 Å². The smallest absolute Gasteiger partial charge is 0.305 e. The Morgan fingerprint density at radius 3 is 2.07 bits per heavy atom. The predicted octanol–water partition coefficient (Wildman–Crippen LogP) is 5.73. The van der Waals surface area contributed by atoms with Crippen LogP contribution in [-0.2, 0) is 17.8 Å². The molecule has 42 heavy (non-hydrogen) atoms. The topological polar surface area (TPSA) is 95.9 Å². The van der Waals surface area contributed by atoms with Gasteiger partial charge in [0.2, 0.25) is 0 Å². The molecule has 0 aliphatic carbocycles. The summed E-state index contributed by atoms with van der Waals surface area (Å²) in [6.07, 6.45) is 0.205. The van der Waals surface area contributed by atoms with Crippen LogP contribution in [0, 0.1) is 11.6 Å². The molecule has 216 valence electrons. The maximum Gasteiger partial charge on any atom is 0.305 e. The zero-order chi connectivity index (χ0) is 30.1. The van der Waals surface area contributed by atoms with Gasteiger partial charge in [0, 0.05) is 36.8 Å². The van der Waals surface area contributed by atoms with Crippen LogP contribution in [0.3, 0.4) is 0 Å². The molecule has 0 unspecified atom stereocenters. The Balaban J connectivity index is 1.61. The Labute approximate surface area is 242 Å². The average Bonchev–Trinajstić information content (AvgIpc) is 2.99. The van der Waals surface area contributed by atoms with Gasteiger partial charge in [-0.1, -0.05) is 54.6 Å². The first-order valence-corrected chi connectivity index (χ1v) is 13.3. The number of halogens is 2. The molecule has 0 spiro atoms. The molecule has 2 N–H and O–H groups in total. The maximum atomic E-state index is 13.9. The standard InChI is InChI=1S/C33H30F2N2O5/c1-42-30-13-7-2-8-23(30)14-16-37(17-15-31(38)39)33(41)29-12-6-4-10-27(29)26-9-3-5-11-28(26)32(40)36-21-22-18-24(34)20-25(35)19-22/h2-13,18-20H,14-17,21H2,1H3,(H,36,40)(H,38,39). The molecule has 4 aromatic rings. The predicted molar refractivity (Wildman–Crippen MR) is 154 cm³/mol. The molecule has 7 nitrogen and oxygen atoms in total. The van der Waals surface area contributed by atoms with Crippen LogP contribution >= 0.6 is 0 Å². The highest BCUT2D eigenvalue weighted by molar-refractivity contribution is 6.06. The molecule has 0 bridgehead atoms. The molecule has 0 saturated heterocycles. The third kappa shape index (κ3) is 7.57. The summed E-state index contributed by atoms with van der Waals surface area (Å²) in [6.45, 7) is 0.130. The fourth-order valence-electron chi connectivity index (χ4n) is 4.69. The van der Waals surface area contributed by atoms with Gasteiger partial charge in [0.25, 0.3) is 11.8 Å². The minimum Gasteiger partial charge on any atom is -0.496 e. The van der Waals surface area contributed by atoms with E-state index < -0.39 is 23.5 Å². The number of rotatable bonds is 12. The molecular formula is C33H30F2N2O5. The van der Waals surface area contributed by atoms with Gasteiger partial charge in [-0.3, -0.25) is 14.4 Å². The van der Waals surface area contributed by atoms with Crippen LogP contribution in [0.15, 0.2) is 91.0 Å². The van der Waals surface area contributed by atoms with Crippen molar-refractivity contribution in [1.29, 1.82) is 0 Å². The number of nitrogens with zero attached hydrogens (tertiary/aromatic N) is 1. The number of carbonyl (C=O) groups is 3. The van der Waals surface area contributed by atoms with E-state index in [1.165, 1.54) is 4.90 Å². The zero-order valence-electron chi connectivity index (χ0n) is 23.0. The molecule has 4 aromatic carbocycles. The molecule has 9 heteroatoms. The number of carboxylic acid groups (broad SMARTS) is 1. The van der Waals surface area contributed by atoms with Crippen molar-refractivity contribution in [2.24, 2.45) is 0 Å². The van der Waals surface area contributed by atoms with Crippen molar-refractivity contribution in [3.05, 3.63) is 125 Å². The maximum absolute atomic E-state index is 13.9. The van der Waals surface area contributed by atoms with Crippen molar-refractivity contribution >= 4 is 17.8 Å². The molecule has 0 aromatic heterocycles. The summed E-state index contributed by atoms with van der Waals surface area (Å²) in [7, 11) is 1.56. The molecule has 2 amide bonds. The number of methoxy groups -OCH3 is 1. The van der Waals surface area contributed by atoms with Crippen LogP contribution < -0.4 is 10.1 Å². The van der Waals surface area contributed by atoms with E-state index in [1.807, 2.05) is 24.3 Å². The van der Waals surface area contributed by atoms with Gasteiger partial charge in [0.1, 0.15) is 17.4 Å². The van der Waals surface area contributed by atoms with Crippen molar-refractivity contribution in [3.63, 3.8) is 0 Å². The summed E-state index contributed by atoms with van der Waals surface area (Å²) in [5.74, 6) is -2.72. The molecule has 0 aliphatic heterocycles. The molecule has 0 fully saturated rings. The number of nitrogens with one attached hydrogen (secondary N) is 1. The number of amides is 2. The summed E-state index contributed by atoms with van der Waals surface area (Å²) in [5, 5.41) is 12.0. The highest BCUT2D eigenvalue weighted by atomic mass is 19.1. The minimum absolute atomic E-state index is 0.00994. The minimum atomic E-state index is -1.03. The number of aliphatic carboxylic acids is 1. The van der Waals surface area contributed by atoms with Gasteiger partial charge in [0.05, 0.1) is 13.5 Å². The quantitative estimate of drug-likeness (QED) is 0.226. The molecule has 0 radical (unpaired) electrons. The number of carboxylic acids is 1. The lowest BCUT2D eigenvalue weighted by molar-refractivity contribution is -0.137. The molecule has 0 heterocycles. The van der Waals surface area contributed by atoms with E-state index >= 15 is 0 Å². The van der Waals surface area contributed by atoms with Crippen LogP contribution in [0.25, 0.3) is 11.1 Å². The Kier molecular flexibility index (Phi) is 9.99. The number of hydrogen-bond donors (Lipinski definition) is 2. The number of benzene rings is 4. The van der Waals surface area contributed by atoms with Gasteiger partial charge in [0.15, 0.2) is 0 Å². The number of para-hydroxylation sites is 1. The second kappa shape index (κ2) is 14.0. The summed E-state index contributed by atoms with van der Waals surface area (Å²) in [6, 6.07) is 24.0. The van der Waals surface area contributed by atoms with Crippen molar-refractivity contribution in [2.75, 3.05) is 20.2 Å². The fraction of sp³-hybridized carbons (Fsp3) is 0.182. The highest BCUT2D eigenvalue weighted by Gasteiger charge is 2.23. The monoisotopic (exact) mass is 572 g/mol. The van der Waals surface area contributed by atoms with E-state index in [4.69, 9.17) is 4.74 Å². The van der Waals surface area contributed by atoms with E-state index in [9.17, 15) is 28.3 Å². The van der Waals surface area contributed by atoms with E-state index in [0.717, 1.165) is 23.8 Å². The molecule has 0 aliphatic rings. The second-order valence-electron chi connectivity index (χ2n) is 9.55. The van der Waals surface area contributed by atoms with E-state index in [-0.39, 0.29) is 43.1 Å². The first-order chi connectivity index (χ1) is 20.3. The Morgan fingerprint density at radius 2 is 1.40 bits per heavy atom. The van der Waals surface area contributed by atoms with Crippen LogP contribution in [-0.4, -0.2) is 48.0 Å². The summed E-state index contributed by atoms with van der Waals surface area (Å²) in [4.78, 5) is 40.0. The average molecular weight is 573 g/mol. The Morgan fingerprint density at radius 1 is 0.810 bits per heavy atom. The molecular weight excluding hydrogens is 542 g/mol. The third-order valence-corrected chi connectivity index (χ3v) is 6.72. The van der Waals surface area contributed by atoms with Crippen LogP contribution in [0.2, 0.25) is 0 Å². The van der Waals surface area contributed by atoms with Crippen LogP contribution in [0.1, 0.15) is 38.3 Å². The summed E-state index contributed by atoms with van der Waals surface area (Å²) in [5.41, 5.74) is 2.67. The number of ether oxygens (including phenoxy) is 1. The van der Waals surface area contributed by atoms with Crippen molar-refractivity contribution < 1.29 is 33.0 Å². The lowest BCUT2D eigenvalue weighted by Gasteiger charge is -2.24. The van der Waals surface area contributed by atoms with Gasteiger partial charge in [-0.25, -0.2) is 8.78 Å². The first-order valence-electron chi connectivity index (χ1n) is 13.3. The lowest BCUT2D eigenvalue weighted by atomic mass is 9.94. The molecule has 0 saturated carbocycles. The number of carbonyl (C=O) groups excluding carboxylic acids is 2. The number of hydrogen-bond acceptors (Lipinski definition) is 4. The van der Waals surface area contributed by atoms with E-state index in [0.29, 0.717) is 28.9 Å².